The molecule has 2 atom stereocenters. The van der Waals surface area contributed by atoms with E-state index in [4.69, 9.17) is 0 Å². The molecule has 1 rings (SSSR count). The smallest absolute Gasteiger partial charge is 0.126 e. The molecule has 0 radical (unpaired) electrons. The van der Waals surface area contributed by atoms with Crippen LogP contribution in [0.25, 0.3) is 0 Å². The Labute approximate surface area is 75.5 Å². The zero-order valence-corrected chi connectivity index (χ0v) is 8.47. The molecule has 0 aromatic heterocycles. The van der Waals surface area contributed by atoms with Crippen molar-refractivity contribution in [1.29, 1.82) is 0 Å². The third kappa shape index (κ3) is 1.41. The highest BCUT2D eigenvalue weighted by Crippen LogP contribution is 2.44. The summed E-state index contributed by atoms with van der Waals surface area (Å²) in [7, 11) is 0. The Bertz CT molecular complexity index is 162. The summed E-state index contributed by atoms with van der Waals surface area (Å²) in [5, 5.41) is 0. The number of carbonyl (C=O) groups is 1. The van der Waals surface area contributed by atoms with Gasteiger partial charge in [-0.1, -0.05) is 33.6 Å². The van der Waals surface area contributed by atoms with Gasteiger partial charge in [-0.25, -0.2) is 0 Å². The predicted molar refractivity (Wildman–Crippen MR) is 51.0 cm³/mol. The maximum absolute atomic E-state index is 11.1. The fourth-order valence-corrected chi connectivity index (χ4v) is 2.57. The Balaban J connectivity index is 2.80. The Kier molecular flexibility index (Phi) is 2.92. The van der Waals surface area contributed by atoms with Gasteiger partial charge in [0.15, 0.2) is 0 Å². The summed E-state index contributed by atoms with van der Waals surface area (Å²) >= 11 is 0. The minimum atomic E-state index is -0.00174. The minimum Gasteiger partial charge on any atom is -0.303 e. The second kappa shape index (κ2) is 3.59. The van der Waals surface area contributed by atoms with Gasteiger partial charge in [-0.15, -0.1) is 0 Å². The lowest BCUT2D eigenvalue weighted by molar-refractivity contribution is -0.124. The van der Waals surface area contributed by atoms with Gasteiger partial charge in [0, 0.05) is 5.41 Å². The van der Waals surface area contributed by atoms with E-state index in [1.54, 1.807) is 0 Å². The summed E-state index contributed by atoms with van der Waals surface area (Å²) in [5.41, 5.74) is -0.00174. The summed E-state index contributed by atoms with van der Waals surface area (Å²) < 4.78 is 0. The van der Waals surface area contributed by atoms with Crippen LogP contribution >= 0.6 is 0 Å². The Morgan fingerprint density at radius 1 is 1.42 bits per heavy atom. The van der Waals surface area contributed by atoms with Crippen molar-refractivity contribution in [1.82, 2.24) is 0 Å². The first-order valence-corrected chi connectivity index (χ1v) is 5.10. The number of rotatable bonds is 2. The van der Waals surface area contributed by atoms with E-state index in [9.17, 15) is 4.79 Å². The summed E-state index contributed by atoms with van der Waals surface area (Å²) in [5.74, 6) is 1.09. The standard InChI is InChI=1S/C11H20O/c1-9(2)11(8-12)7-5-4-6-10(11)3/h8-10H,4-7H2,1-3H3. The molecule has 0 saturated heterocycles. The van der Waals surface area contributed by atoms with Crippen molar-refractivity contribution in [3.63, 3.8) is 0 Å². The van der Waals surface area contributed by atoms with E-state index < -0.39 is 0 Å². The molecule has 1 saturated carbocycles. The summed E-state index contributed by atoms with van der Waals surface area (Å²) in [6, 6.07) is 0. The quantitative estimate of drug-likeness (QED) is 0.579. The molecule has 0 heterocycles. The Hall–Kier alpha value is -0.330. The summed E-state index contributed by atoms with van der Waals surface area (Å²) in [4.78, 5) is 11.1. The summed E-state index contributed by atoms with van der Waals surface area (Å²) in [6.07, 6.45) is 6.11. The molecule has 1 aliphatic rings. The van der Waals surface area contributed by atoms with E-state index in [0.717, 1.165) is 6.42 Å². The van der Waals surface area contributed by atoms with Crippen molar-refractivity contribution in [3.05, 3.63) is 0 Å². The van der Waals surface area contributed by atoms with Crippen molar-refractivity contribution in [2.24, 2.45) is 17.3 Å². The lowest BCUT2D eigenvalue weighted by Gasteiger charge is -2.41. The number of hydrogen-bond acceptors (Lipinski definition) is 1. The fraction of sp³-hybridized carbons (Fsp3) is 0.909. The highest BCUT2D eigenvalue weighted by Gasteiger charge is 2.40. The van der Waals surface area contributed by atoms with Crippen LogP contribution in [-0.2, 0) is 4.79 Å². The van der Waals surface area contributed by atoms with Crippen molar-refractivity contribution in [3.8, 4) is 0 Å². The highest BCUT2D eigenvalue weighted by molar-refractivity contribution is 5.60. The van der Waals surface area contributed by atoms with E-state index >= 15 is 0 Å². The molecule has 1 heteroatoms. The van der Waals surface area contributed by atoms with Gasteiger partial charge in [-0.2, -0.15) is 0 Å². The zero-order valence-electron chi connectivity index (χ0n) is 8.47. The van der Waals surface area contributed by atoms with Gasteiger partial charge in [0.2, 0.25) is 0 Å². The molecule has 0 bridgehead atoms. The molecule has 0 aromatic carbocycles. The normalized spacial score (nSPS) is 36.8. The largest absolute Gasteiger partial charge is 0.303 e. The minimum absolute atomic E-state index is 0.00174. The molecule has 1 aliphatic carbocycles. The van der Waals surface area contributed by atoms with Gasteiger partial charge < -0.3 is 4.79 Å². The third-order valence-corrected chi connectivity index (χ3v) is 3.71. The van der Waals surface area contributed by atoms with Crippen molar-refractivity contribution < 1.29 is 4.79 Å². The third-order valence-electron chi connectivity index (χ3n) is 3.71. The van der Waals surface area contributed by atoms with Crippen molar-refractivity contribution in [2.75, 3.05) is 0 Å². The topological polar surface area (TPSA) is 17.1 Å². The van der Waals surface area contributed by atoms with E-state index in [2.05, 4.69) is 20.8 Å². The number of carbonyl (C=O) groups excluding carboxylic acids is 1. The molecule has 0 aromatic rings. The summed E-state index contributed by atoms with van der Waals surface area (Å²) in [6.45, 7) is 6.58. The number of aldehydes is 1. The average Bonchev–Trinajstić information content (AvgIpc) is 2.05. The van der Waals surface area contributed by atoms with Crippen LogP contribution in [0, 0.1) is 17.3 Å². The Morgan fingerprint density at radius 3 is 2.42 bits per heavy atom. The van der Waals surface area contributed by atoms with Crippen LogP contribution in [0.3, 0.4) is 0 Å². The van der Waals surface area contributed by atoms with Crippen LogP contribution in [0.1, 0.15) is 46.5 Å². The first kappa shape index (κ1) is 9.76. The van der Waals surface area contributed by atoms with Gasteiger partial charge in [-0.3, -0.25) is 0 Å². The van der Waals surface area contributed by atoms with Crippen molar-refractivity contribution >= 4 is 6.29 Å². The number of hydrogen-bond donors (Lipinski definition) is 0. The van der Waals surface area contributed by atoms with Crippen LogP contribution in [0.5, 0.6) is 0 Å². The molecule has 1 fully saturated rings. The lowest BCUT2D eigenvalue weighted by atomic mass is 9.62. The van der Waals surface area contributed by atoms with Crippen LogP contribution < -0.4 is 0 Å². The fourth-order valence-electron chi connectivity index (χ4n) is 2.57. The average molecular weight is 168 g/mol. The van der Waals surface area contributed by atoms with E-state index in [1.165, 1.54) is 25.5 Å². The highest BCUT2D eigenvalue weighted by atomic mass is 16.1. The van der Waals surface area contributed by atoms with Gasteiger partial charge in [0.25, 0.3) is 0 Å². The maximum atomic E-state index is 11.1. The second-order valence-electron chi connectivity index (χ2n) is 4.53. The SMILES string of the molecule is CC(C)C1(C=O)CCCCC1C. The van der Waals surface area contributed by atoms with Crippen molar-refractivity contribution in [2.45, 2.75) is 46.5 Å². The van der Waals surface area contributed by atoms with Gasteiger partial charge >= 0.3 is 0 Å². The molecule has 0 N–H and O–H groups in total. The molecular weight excluding hydrogens is 148 g/mol. The van der Waals surface area contributed by atoms with Crippen LogP contribution in [0.2, 0.25) is 0 Å². The first-order valence-electron chi connectivity index (χ1n) is 5.10. The van der Waals surface area contributed by atoms with E-state index in [-0.39, 0.29) is 5.41 Å². The molecule has 70 valence electrons. The lowest BCUT2D eigenvalue weighted by Crippen LogP contribution is -2.38. The van der Waals surface area contributed by atoms with Gasteiger partial charge in [-0.05, 0) is 24.7 Å². The van der Waals surface area contributed by atoms with E-state index in [0.29, 0.717) is 11.8 Å². The van der Waals surface area contributed by atoms with Crippen LogP contribution in [0.4, 0.5) is 0 Å². The predicted octanol–water partition coefficient (Wildman–Crippen LogP) is 3.04. The van der Waals surface area contributed by atoms with E-state index in [1.807, 2.05) is 0 Å². The molecule has 0 spiro atoms. The van der Waals surface area contributed by atoms with Gasteiger partial charge in [0.1, 0.15) is 6.29 Å². The van der Waals surface area contributed by atoms with Crippen LogP contribution in [0.15, 0.2) is 0 Å². The first-order chi connectivity index (χ1) is 5.63. The molecule has 12 heavy (non-hydrogen) atoms. The monoisotopic (exact) mass is 168 g/mol. The molecular formula is C11H20O. The Morgan fingerprint density at radius 2 is 2.08 bits per heavy atom. The van der Waals surface area contributed by atoms with Crippen LogP contribution in [-0.4, -0.2) is 6.29 Å². The zero-order chi connectivity index (χ0) is 9.19. The second-order valence-corrected chi connectivity index (χ2v) is 4.53. The molecule has 0 amide bonds. The molecule has 1 nitrogen and oxygen atoms in total. The maximum Gasteiger partial charge on any atom is 0.126 e. The molecule has 2 unspecified atom stereocenters. The van der Waals surface area contributed by atoms with Gasteiger partial charge in [0.05, 0.1) is 0 Å². The molecule has 0 aliphatic heterocycles.